The van der Waals surface area contributed by atoms with Crippen molar-refractivity contribution < 1.29 is 32.2 Å². The van der Waals surface area contributed by atoms with E-state index in [0.29, 0.717) is 38.2 Å². The largest absolute Gasteiger partial charge is 0.497 e. The van der Waals surface area contributed by atoms with Gasteiger partial charge in [-0.15, -0.1) is 0 Å². The summed E-state index contributed by atoms with van der Waals surface area (Å²) in [7, 11) is 4.11. The van der Waals surface area contributed by atoms with Crippen molar-refractivity contribution in [2.75, 3.05) is 32.7 Å². The van der Waals surface area contributed by atoms with E-state index in [-0.39, 0.29) is 28.6 Å². The fraction of sp³-hybridized carbons (Fsp3) is 0.286. The molecule has 1 heterocycles. The van der Waals surface area contributed by atoms with E-state index < -0.39 is 24.0 Å². The molecule has 0 radical (unpaired) electrons. The summed E-state index contributed by atoms with van der Waals surface area (Å²) in [6.07, 6.45) is -4.56. The number of nitrogens with zero attached hydrogens (tertiary/aromatic N) is 2. The maximum absolute atomic E-state index is 14.2. The standard InChI is InChI=1S/C28H25Cl2F3N2O4/c1-27(20-11-16(6-9-22(20)30)25(36)34(2)15-28(31,32)33)21-12-18(29)7-10-23(21)35(26(27)37)14-17-5-8-19(38-3)13-24(17)39-4/h5-13H,14-15H2,1-4H3. The fourth-order valence-corrected chi connectivity index (χ4v) is 5.29. The Kier molecular flexibility index (Phi) is 7.78. The summed E-state index contributed by atoms with van der Waals surface area (Å²) in [5.41, 5.74) is 0.674. The van der Waals surface area contributed by atoms with Gasteiger partial charge >= 0.3 is 6.18 Å². The minimum atomic E-state index is -4.56. The molecule has 39 heavy (non-hydrogen) atoms. The summed E-state index contributed by atoms with van der Waals surface area (Å²) in [6.45, 7) is 0.376. The number of methoxy groups -OCH3 is 2. The Morgan fingerprint density at radius 2 is 1.72 bits per heavy atom. The van der Waals surface area contributed by atoms with Gasteiger partial charge in [0.05, 0.1) is 20.8 Å². The third-order valence-corrected chi connectivity index (χ3v) is 7.36. The highest BCUT2D eigenvalue weighted by molar-refractivity contribution is 6.33. The molecule has 1 atom stereocenters. The molecule has 0 spiro atoms. The van der Waals surface area contributed by atoms with E-state index in [4.69, 9.17) is 32.7 Å². The second kappa shape index (κ2) is 10.6. The lowest BCUT2D eigenvalue weighted by molar-refractivity contribution is -0.138. The number of hydrogen-bond donors (Lipinski definition) is 0. The Hall–Kier alpha value is -3.43. The molecule has 0 bridgehead atoms. The van der Waals surface area contributed by atoms with Gasteiger partial charge in [-0.05, 0) is 66.6 Å². The van der Waals surface area contributed by atoms with Crippen LogP contribution in [0, 0.1) is 0 Å². The zero-order chi connectivity index (χ0) is 28.7. The molecule has 0 aliphatic carbocycles. The van der Waals surface area contributed by atoms with Crippen molar-refractivity contribution in [1.82, 2.24) is 4.90 Å². The van der Waals surface area contributed by atoms with Crippen LogP contribution < -0.4 is 14.4 Å². The number of alkyl halides is 3. The molecule has 3 aromatic rings. The van der Waals surface area contributed by atoms with Crippen LogP contribution >= 0.6 is 23.2 Å². The van der Waals surface area contributed by atoms with Crippen LogP contribution in [0.1, 0.15) is 34.0 Å². The third kappa shape index (κ3) is 5.38. The molecule has 206 valence electrons. The molecule has 1 unspecified atom stereocenters. The van der Waals surface area contributed by atoms with Crippen molar-refractivity contribution >= 4 is 40.7 Å². The van der Waals surface area contributed by atoms with Gasteiger partial charge in [0.25, 0.3) is 5.91 Å². The smallest absolute Gasteiger partial charge is 0.406 e. The number of rotatable bonds is 7. The number of amides is 2. The number of carbonyl (C=O) groups is 2. The Morgan fingerprint density at radius 3 is 2.36 bits per heavy atom. The van der Waals surface area contributed by atoms with Crippen LogP contribution in [0.5, 0.6) is 11.5 Å². The van der Waals surface area contributed by atoms with Crippen molar-refractivity contribution in [3.8, 4) is 11.5 Å². The maximum Gasteiger partial charge on any atom is 0.406 e. The summed E-state index contributed by atoms with van der Waals surface area (Å²) in [4.78, 5) is 29.2. The minimum absolute atomic E-state index is 0.0333. The predicted molar refractivity (Wildman–Crippen MR) is 143 cm³/mol. The lowest BCUT2D eigenvalue weighted by Gasteiger charge is -2.27. The van der Waals surface area contributed by atoms with Crippen molar-refractivity contribution in [3.05, 3.63) is 86.9 Å². The predicted octanol–water partition coefficient (Wildman–Crippen LogP) is 6.50. The van der Waals surface area contributed by atoms with Crippen molar-refractivity contribution in [1.29, 1.82) is 0 Å². The van der Waals surface area contributed by atoms with Crippen LogP contribution in [0.4, 0.5) is 18.9 Å². The fourth-order valence-electron chi connectivity index (χ4n) is 4.81. The molecule has 0 saturated heterocycles. The number of halogens is 5. The first-order valence-electron chi connectivity index (χ1n) is 11.7. The van der Waals surface area contributed by atoms with Crippen LogP contribution in [0.2, 0.25) is 10.0 Å². The van der Waals surface area contributed by atoms with E-state index in [9.17, 15) is 22.8 Å². The van der Waals surface area contributed by atoms with Gasteiger partial charge in [-0.3, -0.25) is 9.59 Å². The van der Waals surface area contributed by atoms with Crippen LogP contribution in [0.3, 0.4) is 0 Å². The van der Waals surface area contributed by atoms with E-state index in [1.807, 2.05) is 0 Å². The zero-order valence-corrected chi connectivity index (χ0v) is 23.0. The topological polar surface area (TPSA) is 59.1 Å². The molecule has 2 amide bonds. The quantitative estimate of drug-likeness (QED) is 0.320. The van der Waals surface area contributed by atoms with Gasteiger partial charge in [-0.25, -0.2) is 0 Å². The van der Waals surface area contributed by atoms with E-state index in [2.05, 4.69) is 0 Å². The molecule has 0 aromatic heterocycles. The molecule has 1 aliphatic heterocycles. The first-order chi connectivity index (χ1) is 18.3. The Bertz CT molecular complexity index is 1450. The number of anilines is 1. The van der Waals surface area contributed by atoms with E-state index >= 15 is 0 Å². The van der Waals surface area contributed by atoms with E-state index in [1.165, 1.54) is 32.4 Å². The molecule has 4 rings (SSSR count). The lowest BCUT2D eigenvalue weighted by atomic mass is 9.76. The highest BCUT2D eigenvalue weighted by Gasteiger charge is 2.50. The van der Waals surface area contributed by atoms with Crippen LogP contribution in [-0.4, -0.2) is 50.7 Å². The van der Waals surface area contributed by atoms with Gasteiger partial charge in [0.1, 0.15) is 23.5 Å². The summed E-state index contributed by atoms with van der Waals surface area (Å²) >= 11 is 12.9. The molecule has 0 N–H and O–H groups in total. The average Bonchev–Trinajstić information content (AvgIpc) is 3.09. The summed E-state index contributed by atoms with van der Waals surface area (Å²) in [5.74, 6) is -0.105. The molecule has 1 aliphatic rings. The highest BCUT2D eigenvalue weighted by Crippen LogP contribution is 2.49. The summed E-state index contributed by atoms with van der Waals surface area (Å²) in [6, 6.07) is 14.4. The van der Waals surface area contributed by atoms with Gasteiger partial charge in [0.15, 0.2) is 0 Å². The molecule has 3 aromatic carbocycles. The summed E-state index contributed by atoms with van der Waals surface area (Å²) in [5, 5.41) is 0.556. The summed E-state index contributed by atoms with van der Waals surface area (Å²) < 4.78 is 49.5. The monoisotopic (exact) mass is 580 g/mol. The highest BCUT2D eigenvalue weighted by atomic mass is 35.5. The molecule has 6 nitrogen and oxygen atoms in total. The Balaban J connectivity index is 1.80. The van der Waals surface area contributed by atoms with Crippen molar-refractivity contribution in [3.63, 3.8) is 0 Å². The molecule has 0 fully saturated rings. The minimum Gasteiger partial charge on any atom is -0.497 e. The number of carbonyl (C=O) groups excluding carboxylic acids is 2. The second-order valence-corrected chi connectivity index (χ2v) is 10.2. The molecule has 0 saturated carbocycles. The number of hydrogen-bond acceptors (Lipinski definition) is 4. The Labute approximate surface area is 233 Å². The van der Waals surface area contributed by atoms with Gasteiger partial charge in [0, 0.05) is 40.0 Å². The first-order valence-corrected chi connectivity index (χ1v) is 12.5. The number of ether oxygens (including phenoxy) is 2. The van der Waals surface area contributed by atoms with Crippen molar-refractivity contribution in [2.45, 2.75) is 25.1 Å². The average molecular weight is 581 g/mol. The van der Waals surface area contributed by atoms with Gasteiger partial charge in [-0.2, -0.15) is 13.2 Å². The van der Waals surface area contributed by atoms with Crippen LogP contribution in [0.25, 0.3) is 0 Å². The third-order valence-electron chi connectivity index (χ3n) is 6.80. The normalized spacial score (nSPS) is 16.7. The first kappa shape index (κ1) is 28.6. The van der Waals surface area contributed by atoms with Crippen LogP contribution in [-0.2, 0) is 16.8 Å². The molecule has 11 heteroatoms. The second-order valence-electron chi connectivity index (χ2n) is 9.33. The van der Waals surface area contributed by atoms with Crippen molar-refractivity contribution in [2.24, 2.45) is 0 Å². The SMILES string of the molecule is COc1ccc(CN2C(=O)C(C)(c3cc(C(=O)N(C)CC(F)(F)F)ccc3Cl)c3cc(Cl)ccc32)c(OC)c1. The molecular weight excluding hydrogens is 556 g/mol. The Morgan fingerprint density at radius 1 is 1.00 bits per heavy atom. The lowest BCUT2D eigenvalue weighted by Crippen LogP contribution is -2.39. The van der Waals surface area contributed by atoms with Gasteiger partial charge in [0.2, 0.25) is 5.91 Å². The maximum atomic E-state index is 14.2. The zero-order valence-electron chi connectivity index (χ0n) is 21.5. The van der Waals surface area contributed by atoms with Crippen LogP contribution in [0.15, 0.2) is 54.6 Å². The van der Waals surface area contributed by atoms with E-state index in [0.717, 1.165) is 7.05 Å². The number of benzene rings is 3. The van der Waals surface area contributed by atoms with Gasteiger partial charge < -0.3 is 19.3 Å². The van der Waals surface area contributed by atoms with Gasteiger partial charge in [-0.1, -0.05) is 23.2 Å². The van der Waals surface area contributed by atoms with E-state index in [1.54, 1.807) is 48.2 Å². The molecular formula is C28H25Cl2F3N2O4. The number of fused-ring (bicyclic) bond motifs is 1.